The Morgan fingerprint density at radius 1 is 1.14 bits per heavy atom. The molecule has 2 aliphatic rings. The molecule has 0 atom stereocenters. The first-order valence-corrected chi connectivity index (χ1v) is 8.54. The summed E-state index contributed by atoms with van der Waals surface area (Å²) in [7, 11) is 0. The topological polar surface area (TPSA) is 41.1 Å². The van der Waals surface area contributed by atoms with Crippen LogP contribution in [0.25, 0.3) is 0 Å². The fraction of sp³-hybridized carbons (Fsp3) is 0.765. The van der Waals surface area contributed by atoms with Gasteiger partial charge in [0.15, 0.2) is 0 Å². The summed E-state index contributed by atoms with van der Waals surface area (Å²) in [6, 6.07) is 0. The molecule has 1 aromatic rings. The smallest absolute Gasteiger partial charge is 0.137 e. The molecule has 1 spiro atoms. The lowest BCUT2D eigenvalue weighted by atomic mass is 9.77. The number of nitrogens with one attached hydrogen (secondary N) is 1. The molecule has 1 aliphatic heterocycles. The van der Waals surface area contributed by atoms with E-state index in [1.54, 1.807) is 6.33 Å². The van der Waals surface area contributed by atoms with Crippen molar-refractivity contribution in [1.29, 1.82) is 0 Å². The van der Waals surface area contributed by atoms with Gasteiger partial charge in [0, 0.05) is 25.2 Å². The van der Waals surface area contributed by atoms with Crippen molar-refractivity contribution in [2.24, 2.45) is 5.41 Å². The van der Waals surface area contributed by atoms with Crippen molar-refractivity contribution in [2.45, 2.75) is 58.8 Å². The summed E-state index contributed by atoms with van der Waals surface area (Å²) in [5.41, 5.74) is 1.87. The maximum atomic E-state index is 4.56. The van der Waals surface area contributed by atoms with Crippen LogP contribution >= 0.6 is 0 Å². The third-order valence-corrected chi connectivity index (χ3v) is 5.39. The molecule has 0 bridgehead atoms. The van der Waals surface area contributed by atoms with E-state index in [0.717, 1.165) is 37.7 Å². The Labute approximate surface area is 128 Å². The third kappa shape index (κ3) is 2.99. The second-order valence-corrected chi connectivity index (χ2v) is 6.79. The Bertz CT molecular complexity index is 470. The van der Waals surface area contributed by atoms with Gasteiger partial charge in [0.1, 0.15) is 18.0 Å². The molecule has 1 saturated carbocycles. The van der Waals surface area contributed by atoms with Gasteiger partial charge in [-0.2, -0.15) is 0 Å². The normalized spacial score (nSPS) is 21.0. The van der Waals surface area contributed by atoms with Crippen LogP contribution in [-0.2, 0) is 0 Å². The molecule has 1 aromatic heterocycles. The highest BCUT2D eigenvalue weighted by molar-refractivity contribution is 5.58. The predicted molar refractivity (Wildman–Crippen MR) is 87.9 cm³/mol. The van der Waals surface area contributed by atoms with E-state index in [0.29, 0.717) is 5.41 Å². The van der Waals surface area contributed by atoms with Crippen molar-refractivity contribution in [1.82, 2.24) is 9.97 Å². The van der Waals surface area contributed by atoms with Gasteiger partial charge < -0.3 is 10.2 Å². The van der Waals surface area contributed by atoms with Crippen LogP contribution < -0.4 is 10.2 Å². The Morgan fingerprint density at radius 3 is 2.52 bits per heavy atom. The number of hydrogen-bond donors (Lipinski definition) is 1. The van der Waals surface area contributed by atoms with E-state index in [1.807, 2.05) is 0 Å². The molecule has 4 nitrogen and oxygen atoms in total. The molecule has 0 aromatic carbocycles. The van der Waals surface area contributed by atoms with Crippen LogP contribution in [0.5, 0.6) is 0 Å². The van der Waals surface area contributed by atoms with Gasteiger partial charge >= 0.3 is 0 Å². The summed E-state index contributed by atoms with van der Waals surface area (Å²) in [5, 5.41) is 3.41. The van der Waals surface area contributed by atoms with Gasteiger partial charge in [-0.05, 0) is 44.4 Å². The quantitative estimate of drug-likeness (QED) is 0.915. The average Bonchev–Trinajstić information content (AvgIpc) is 2.96. The van der Waals surface area contributed by atoms with Crippen molar-refractivity contribution in [3.05, 3.63) is 11.9 Å². The molecule has 2 fully saturated rings. The standard InChI is InChI=1S/C17H28N4/c1-3-10-18-15-14(2)16(20-13-19-15)21-11-8-17(9-12-21)6-4-5-7-17/h13H,3-12H2,1-2H3,(H,18,19,20). The molecule has 3 rings (SSSR count). The van der Waals surface area contributed by atoms with Crippen LogP contribution in [0.1, 0.15) is 57.4 Å². The largest absolute Gasteiger partial charge is 0.370 e. The molecular weight excluding hydrogens is 260 g/mol. The number of anilines is 2. The molecule has 1 saturated heterocycles. The minimum Gasteiger partial charge on any atom is -0.370 e. The molecule has 2 heterocycles. The Kier molecular flexibility index (Phi) is 4.32. The zero-order chi connectivity index (χ0) is 14.7. The van der Waals surface area contributed by atoms with Crippen LogP contribution in [0.2, 0.25) is 0 Å². The highest BCUT2D eigenvalue weighted by Gasteiger charge is 2.37. The predicted octanol–water partition coefficient (Wildman–Crippen LogP) is 3.77. The minimum atomic E-state index is 0.667. The van der Waals surface area contributed by atoms with Crippen LogP contribution in [0.15, 0.2) is 6.33 Å². The molecule has 0 amide bonds. The van der Waals surface area contributed by atoms with Gasteiger partial charge in [-0.1, -0.05) is 19.8 Å². The van der Waals surface area contributed by atoms with Gasteiger partial charge in [0.2, 0.25) is 0 Å². The monoisotopic (exact) mass is 288 g/mol. The fourth-order valence-corrected chi connectivity index (χ4v) is 4.00. The lowest BCUT2D eigenvalue weighted by molar-refractivity contribution is 0.226. The molecule has 116 valence electrons. The van der Waals surface area contributed by atoms with Crippen LogP contribution in [0.4, 0.5) is 11.6 Å². The summed E-state index contributed by atoms with van der Waals surface area (Å²) in [4.78, 5) is 11.4. The van der Waals surface area contributed by atoms with Crippen LogP contribution in [-0.4, -0.2) is 29.6 Å². The number of rotatable bonds is 4. The number of nitrogens with zero attached hydrogens (tertiary/aromatic N) is 3. The first-order valence-electron chi connectivity index (χ1n) is 8.54. The molecule has 1 N–H and O–H groups in total. The lowest BCUT2D eigenvalue weighted by Crippen LogP contribution is -2.39. The van der Waals surface area contributed by atoms with Gasteiger partial charge in [0.25, 0.3) is 0 Å². The average molecular weight is 288 g/mol. The van der Waals surface area contributed by atoms with Gasteiger partial charge in [-0.3, -0.25) is 0 Å². The van der Waals surface area contributed by atoms with Crippen LogP contribution in [0, 0.1) is 12.3 Å². The summed E-state index contributed by atoms with van der Waals surface area (Å²) >= 11 is 0. The molecular formula is C17H28N4. The van der Waals surface area contributed by atoms with Crippen molar-refractivity contribution >= 4 is 11.6 Å². The van der Waals surface area contributed by atoms with Crippen molar-refractivity contribution < 1.29 is 0 Å². The molecule has 0 unspecified atom stereocenters. The second kappa shape index (κ2) is 6.20. The molecule has 1 aliphatic carbocycles. The van der Waals surface area contributed by atoms with Gasteiger partial charge in [-0.15, -0.1) is 0 Å². The van der Waals surface area contributed by atoms with Gasteiger partial charge in [-0.25, -0.2) is 9.97 Å². The van der Waals surface area contributed by atoms with E-state index in [2.05, 4.69) is 34.0 Å². The number of aromatic nitrogens is 2. The van der Waals surface area contributed by atoms with E-state index in [9.17, 15) is 0 Å². The maximum Gasteiger partial charge on any atom is 0.137 e. The van der Waals surface area contributed by atoms with Crippen molar-refractivity contribution in [2.75, 3.05) is 29.9 Å². The Hall–Kier alpha value is -1.32. The van der Waals surface area contributed by atoms with Crippen molar-refractivity contribution in [3.63, 3.8) is 0 Å². The molecule has 21 heavy (non-hydrogen) atoms. The summed E-state index contributed by atoms with van der Waals surface area (Å²) in [5.74, 6) is 2.14. The van der Waals surface area contributed by atoms with E-state index in [4.69, 9.17) is 0 Å². The third-order valence-electron chi connectivity index (χ3n) is 5.39. The SMILES string of the molecule is CCCNc1ncnc(N2CCC3(CCCC3)CC2)c1C. The lowest BCUT2D eigenvalue weighted by Gasteiger charge is -2.40. The first kappa shape index (κ1) is 14.6. The summed E-state index contributed by atoms with van der Waals surface area (Å²) in [6.45, 7) is 7.61. The second-order valence-electron chi connectivity index (χ2n) is 6.79. The van der Waals surface area contributed by atoms with Crippen LogP contribution in [0.3, 0.4) is 0 Å². The summed E-state index contributed by atoms with van der Waals surface area (Å²) in [6.07, 6.45) is 11.3. The fourth-order valence-electron chi connectivity index (χ4n) is 4.00. The van der Waals surface area contributed by atoms with Crippen molar-refractivity contribution in [3.8, 4) is 0 Å². The Balaban J connectivity index is 1.70. The van der Waals surface area contributed by atoms with Gasteiger partial charge in [0.05, 0.1) is 0 Å². The maximum absolute atomic E-state index is 4.56. The van der Waals surface area contributed by atoms with E-state index in [1.165, 1.54) is 44.1 Å². The van der Waals surface area contributed by atoms with E-state index >= 15 is 0 Å². The number of piperidine rings is 1. The van der Waals surface area contributed by atoms with E-state index < -0.39 is 0 Å². The zero-order valence-electron chi connectivity index (χ0n) is 13.5. The van der Waals surface area contributed by atoms with E-state index in [-0.39, 0.29) is 0 Å². The Morgan fingerprint density at radius 2 is 1.86 bits per heavy atom. The zero-order valence-corrected chi connectivity index (χ0v) is 13.5. The highest BCUT2D eigenvalue weighted by atomic mass is 15.2. The minimum absolute atomic E-state index is 0.667. The number of hydrogen-bond acceptors (Lipinski definition) is 4. The summed E-state index contributed by atoms with van der Waals surface area (Å²) < 4.78 is 0. The highest BCUT2D eigenvalue weighted by Crippen LogP contribution is 2.46. The first-order chi connectivity index (χ1) is 10.2. The molecule has 0 radical (unpaired) electrons. The molecule has 4 heteroatoms.